The van der Waals surface area contributed by atoms with Gasteiger partial charge in [0.2, 0.25) is 10.0 Å². The molecule has 1 aliphatic heterocycles. The van der Waals surface area contributed by atoms with Crippen molar-refractivity contribution in [1.82, 2.24) is 4.31 Å². The lowest BCUT2D eigenvalue weighted by atomic mass is 10.1. The molecule has 7 heteroatoms. The minimum absolute atomic E-state index is 0.118. The van der Waals surface area contributed by atoms with Crippen molar-refractivity contribution in [2.45, 2.75) is 13.0 Å². The van der Waals surface area contributed by atoms with Gasteiger partial charge in [-0.05, 0) is 30.2 Å². The van der Waals surface area contributed by atoms with Crippen molar-refractivity contribution < 1.29 is 12.8 Å². The molecule has 98 valence electrons. The molecular weight excluding hydrogens is 275 g/mol. The van der Waals surface area contributed by atoms with Crippen molar-refractivity contribution in [3.05, 3.63) is 35.1 Å². The minimum atomic E-state index is -3.21. The molecule has 4 nitrogen and oxygen atoms in total. The van der Waals surface area contributed by atoms with Crippen molar-refractivity contribution >= 4 is 27.2 Å². The maximum Gasteiger partial charge on any atom is 0.214 e. The molecule has 1 heterocycles. The molecule has 1 saturated heterocycles. The summed E-state index contributed by atoms with van der Waals surface area (Å²) in [6, 6.07) is 4.02. The number of rotatable bonds is 3. The van der Waals surface area contributed by atoms with E-state index >= 15 is 0 Å². The Bertz CT molecular complexity index is 587. The Labute approximate surface area is 111 Å². The number of nitrogens with two attached hydrogens (primary N) is 1. The molecule has 1 aromatic carbocycles. The Morgan fingerprint density at radius 2 is 2.22 bits per heavy atom. The van der Waals surface area contributed by atoms with E-state index in [1.54, 1.807) is 0 Å². The van der Waals surface area contributed by atoms with Gasteiger partial charge in [-0.1, -0.05) is 12.2 Å². The van der Waals surface area contributed by atoms with Gasteiger partial charge in [0.05, 0.1) is 5.75 Å². The van der Waals surface area contributed by atoms with Crippen LogP contribution in [0.25, 0.3) is 0 Å². The molecule has 0 saturated carbocycles. The van der Waals surface area contributed by atoms with E-state index in [0.717, 1.165) is 0 Å². The van der Waals surface area contributed by atoms with E-state index in [1.807, 2.05) is 0 Å². The fraction of sp³-hybridized carbons (Fsp3) is 0.364. The van der Waals surface area contributed by atoms with Gasteiger partial charge < -0.3 is 5.73 Å². The van der Waals surface area contributed by atoms with Crippen molar-refractivity contribution in [3.8, 4) is 0 Å². The zero-order chi connectivity index (χ0) is 13.3. The van der Waals surface area contributed by atoms with Crippen LogP contribution >= 0.6 is 12.2 Å². The molecule has 0 radical (unpaired) electrons. The molecular formula is C11H13FN2O2S2. The normalized spacial score (nSPS) is 18.9. The first-order valence-electron chi connectivity index (χ1n) is 5.46. The first-order valence-corrected chi connectivity index (χ1v) is 7.48. The van der Waals surface area contributed by atoms with Gasteiger partial charge in [0.1, 0.15) is 10.8 Å². The van der Waals surface area contributed by atoms with Gasteiger partial charge in [0.25, 0.3) is 0 Å². The van der Waals surface area contributed by atoms with Crippen LogP contribution in [0.1, 0.15) is 17.5 Å². The topological polar surface area (TPSA) is 63.4 Å². The van der Waals surface area contributed by atoms with Crippen LogP contribution in [0.3, 0.4) is 0 Å². The van der Waals surface area contributed by atoms with E-state index in [9.17, 15) is 12.8 Å². The lowest BCUT2D eigenvalue weighted by molar-refractivity contribution is 0.438. The van der Waals surface area contributed by atoms with Gasteiger partial charge in [0.15, 0.2) is 0 Å². The Balaban J connectivity index is 2.34. The Morgan fingerprint density at radius 3 is 2.78 bits per heavy atom. The summed E-state index contributed by atoms with van der Waals surface area (Å²) in [5.41, 5.74) is 6.58. The summed E-state index contributed by atoms with van der Waals surface area (Å²) >= 11 is 4.88. The molecule has 18 heavy (non-hydrogen) atoms. The first-order chi connectivity index (χ1) is 8.40. The summed E-state index contributed by atoms with van der Waals surface area (Å²) in [4.78, 5) is 0.140. The second-order valence-electron chi connectivity index (χ2n) is 4.17. The molecule has 2 rings (SSSR count). The first kappa shape index (κ1) is 13.4. The van der Waals surface area contributed by atoms with E-state index in [-0.39, 0.29) is 17.3 Å². The van der Waals surface area contributed by atoms with Gasteiger partial charge in [-0.15, -0.1) is 0 Å². The van der Waals surface area contributed by atoms with Crippen LogP contribution in [0.15, 0.2) is 18.2 Å². The fourth-order valence-corrected chi connectivity index (χ4v) is 3.69. The minimum Gasteiger partial charge on any atom is -0.389 e. The SMILES string of the molecule is NC(=S)c1ccc(F)cc1CN1CCCS1(=O)=O. The number of thiocarbonyl (C=S) groups is 1. The standard InChI is InChI=1S/C11H13FN2O2S2/c12-9-2-3-10(11(13)17)8(6-9)7-14-4-1-5-18(14,15)16/h2-3,6H,1,4-5,7H2,(H2,13,17). The van der Waals surface area contributed by atoms with Gasteiger partial charge in [-0.25, -0.2) is 12.8 Å². The molecule has 0 aliphatic carbocycles. The number of halogens is 1. The molecule has 0 aromatic heterocycles. The second-order valence-corrected chi connectivity index (χ2v) is 6.70. The van der Waals surface area contributed by atoms with Crippen molar-refractivity contribution in [2.24, 2.45) is 5.73 Å². The Morgan fingerprint density at radius 1 is 1.50 bits per heavy atom. The van der Waals surface area contributed by atoms with Gasteiger partial charge >= 0.3 is 0 Å². The van der Waals surface area contributed by atoms with E-state index in [0.29, 0.717) is 24.1 Å². The van der Waals surface area contributed by atoms with Gasteiger partial charge in [-0.3, -0.25) is 0 Å². The molecule has 0 amide bonds. The van der Waals surface area contributed by atoms with Crippen LogP contribution in [-0.2, 0) is 16.6 Å². The van der Waals surface area contributed by atoms with Gasteiger partial charge in [0, 0.05) is 18.7 Å². The average molecular weight is 288 g/mol. The van der Waals surface area contributed by atoms with E-state index in [4.69, 9.17) is 18.0 Å². The molecule has 2 N–H and O–H groups in total. The predicted octanol–water partition coefficient (Wildman–Crippen LogP) is 0.995. The molecule has 1 aliphatic rings. The lowest BCUT2D eigenvalue weighted by Crippen LogP contribution is -2.26. The van der Waals surface area contributed by atoms with E-state index < -0.39 is 15.8 Å². The van der Waals surface area contributed by atoms with Crippen molar-refractivity contribution in [2.75, 3.05) is 12.3 Å². The Hall–Kier alpha value is -1.05. The van der Waals surface area contributed by atoms with Crippen LogP contribution < -0.4 is 5.73 Å². The molecule has 0 atom stereocenters. The lowest BCUT2D eigenvalue weighted by Gasteiger charge is -2.16. The van der Waals surface area contributed by atoms with Crippen LogP contribution in [0.2, 0.25) is 0 Å². The number of sulfonamides is 1. The zero-order valence-electron chi connectivity index (χ0n) is 9.60. The highest BCUT2D eigenvalue weighted by Crippen LogP contribution is 2.20. The summed E-state index contributed by atoms with van der Waals surface area (Å²) in [5, 5.41) is 0. The fourth-order valence-electron chi connectivity index (χ4n) is 1.99. The molecule has 1 aromatic rings. The molecule has 0 unspecified atom stereocenters. The molecule has 1 fully saturated rings. The zero-order valence-corrected chi connectivity index (χ0v) is 11.2. The third-order valence-electron chi connectivity index (χ3n) is 2.88. The largest absolute Gasteiger partial charge is 0.389 e. The monoisotopic (exact) mass is 288 g/mol. The maximum atomic E-state index is 13.2. The van der Waals surface area contributed by atoms with Crippen molar-refractivity contribution in [3.63, 3.8) is 0 Å². The van der Waals surface area contributed by atoms with Gasteiger partial charge in [-0.2, -0.15) is 4.31 Å². The highest BCUT2D eigenvalue weighted by molar-refractivity contribution is 7.89. The smallest absolute Gasteiger partial charge is 0.214 e. The maximum absolute atomic E-state index is 13.2. The molecule has 0 spiro atoms. The summed E-state index contributed by atoms with van der Waals surface area (Å²) in [7, 11) is -3.21. The quantitative estimate of drug-likeness (QED) is 0.843. The summed E-state index contributed by atoms with van der Waals surface area (Å²) in [6.45, 7) is 0.572. The number of hydrogen-bond donors (Lipinski definition) is 1. The average Bonchev–Trinajstić information content (AvgIpc) is 2.58. The second kappa shape index (κ2) is 4.91. The summed E-state index contributed by atoms with van der Waals surface area (Å²) in [6.07, 6.45) is 0.597. The highest BCUT2D eigenvalue weighted by Gasteiger charge is 2.28. The third-order valence-corrected chi connectivity index (χ3v) is 5.01. The Kier molecular flexibility index (Phi) is 3.65. The number of nitrogens with zero attached hydrogens (tertiary/aromatic N) is 1. The number of benzene rings is 1. The van der Waals surface area contributed by atoms with E-state index in [1.165, 1.54) is 22.5 Å². The summed E-state index contributed by atoms with van der Waals surface area (Å²) in [5.74, 6) is -0.286. The predicted molar refractivity (Wildman–Crippen MR) is 71.1 cm³/mol. The highest BCUT2D eigenvalue weighted by atomic mass is 32.2. The summed E-state index contributed by atoms with van der Waals surface area (Å²) < 4.78 is 38.0. The van der Waals surface area contributed by atoms with Crippen LogP contribution in [0, 0.1) is 5.82 Å². The van der Waals surface area contributed by atoms with Crippen molar-refractivity contribution in [1.29, 1.82) is 0 Å². The van der Waals surface area contributed by atoms with E-state index in [2.05, 4.69) is 0 Å². The van der Waals surface area contributed by atoms with Crippen LogP contribution in [0.5, 0.6) is 0 Å². The van der Waals surface area contributed by atoms with Crippen LogP contribution in [0.4, 0.5) is 4.39 Å². The van der Waals surface area contributed by atoms with Crippen LogP contribution in [-0.4, -0.2) is 30.0 Å². The molecule has 0 bridgehead atoms. The third kappa shape index (κ3) is 2.68. The number of hydrogen-bond acceptors (Lipinski definition) is 3.